The number of aromatic nitrogens is 3. The monoisotopic (exact) mass is 366 g/mol. The third-order valence-corrected chi connectivity index (χ3v) is 4.52. The van der Waals surface area contributed by atoms with Gasteiger partial charge in [0, 0.05) is 32.0 Å². The van der Waals surface area contributed by atoms with Crippen LogP contribution in [0, 0.1) is 6.92 Å². The van der Waals surface area contributed by atoms with E-state index in [1.54, 1.807) is 13.3 Å². The first-order chi connectivity index (χ1) is 13.0. The summed E-state index contributed by atoms with van der Waals surface area (Å²) in [5.74, 6) is -0.00299. The smallest absolute Gasteiger partial charge is 0.254 e. The van der Waals surface area contributed by atoms with Gasteiger partial charge in [-0.15, -0.1) is 0 Å². The highest BCUT2D eigenvalue weighted by Crippen LogP contribution is 2.30. The van der Waals surface area contributed by atoms with Crippen molar-refractivity contribution in [3.05, 3.63) is 53.5 Å². The molecule has 0 spiro atoms. The van der Waals surface area contributed by atoms with Gasteiger partial charge in [-0.1, -0.05) is 44.2 Å². The molecule has 0 bridgehead atoms. The molecule has 27 heavy (non-hydrogen) atoms. The van der Waals surface area contributed by atoms with E-state index in [1.165, 1.54) is 0 Å². The van der Waals surface area contributed by atoms with Crippen molar-refractivity contribution < 1.29 is 9.53 Å². The van der Waals surface area contributed by atoms with E-state index in [4.69, 9.17) is 9.84 Å². The number of carbonyl (C=O) groups excluding carboxylic acids is 1. The van der Waals surface area contributed by atoms with Crippen molar-refractivity contribution in [3.63, 3.8) is 0 Å². The van der Waals surface area contributed by atoms with Crippen molar-refractivity contribution in [2.24, 2.45) is 0 Å². The molecule has 1 N–H and O–H groups in total. The van der Waals surface area contributed by atoms with E-state index < -0.39 is 0 Å². The van der Waals surface area contributed by atoms with Crippen LogP contribution in [0.1, 0.15) is 47.9 Å². The summed E-state index contributed by atoms with van der Waals surface area (Å²) >= 11 is 0. The minimum atomic E-state index is -0.126. The van der Waals surface area contributed by atoms with Gasteiger partial charge in [-0.3, -0.25) is 4.79 Å². The molecule has 0 aliphatic rings. The number of rotatable bonds is 7. The number of nitrogens with zero attached hydrogens (tertiary/aromatic N) is 3. The van der Waals surface area contributed by atoms with Crippen molar-refractivity contribution in [1.29, 1.82) is 0 Å². The van der Waals surface area contributed by atoms with Crippen molar-refractivity contribution >= 4 is 11.6 Å². The molecule has 6 heteroatoms. The minimum absolute atomic E-state index is 0.123. The zero-order valence-electron chi connectivity index (χ0n) is 16.3. The fourth-order valence-corrected chi connectivity index (χ4v) is 3.30. The normalized spacial score (nSPS) is 11.3. The Morgan fingerprint density at radius 2 is 2.00 bits per heavy atom. The highest BCUT2D eigenvalue weighted by Gasteiger charge is 2.22. The lowest BCUT2D eigenvalue weighted by Crippen LogP contribution is -2.27. The van der Waals surface area contributed by atoms with Gasteiger partial charge in [-0.2, -0.15) is 5.10 Å². The van der Waals surface area contributed by atoms with Crippen LogP contribution in [0.15, 0.2) is 36.5 Å². The Bertz CT molecular complexity index is 932. The maximum absolute atomic E-state index is 12.7. The summed E-state index contributed by atoms with van der Waals surface area (Å²) in [7, 11) is 1.65. The fraction of sp³-hybridized carbons (Fsp3) is 0.381. The van der Waals surface area contributed by atoms with Crippen LogP contribution in [0.25, 0.3) is 16.8 Å². The van der Waals surface area contributed by atoms with Crippen molar-refractivity contribution in [2.45, 2.75) is 33.1 Å². The molecule has 0 atom stereocenters. The van der Waals surface area contributed by atoms with E-state index in [-0.39, 0.29) is 11.8 Å². The first kappa shape index (κ1) is 19.0. The fourth-order valence-electron chi connectivity index (χ4n) is 3.30. The van der Waals surface area contributed by atoms with Crippen LogP contribution >= 0.6 is 0 Å². The van der Waals surface area contributed by atoms with Crippen LogP contribution in [0.2, 0.25) is 0 Å². The van der Waals surface area contributed by atoms with E-state index in [9.17, 15) is 4.79 Å². The van der Waals surface area contributed by atoms with Crippen LogP contribution in [-0.2, 0) is 4.74 Å². The molecule has 1 aromatic carbocycles. The number of benzene rings is 1. The Morgan fingerprint density at radius 3 is 2.67 bits per heavy atom. The van der Waals surface area contributed by atoms with E-state index in [2.05, 4.69) is 36.3 Å². The molecule has 2 heterocycles. The molecular weight excluding hydrogens is 340 g/mol. The zero-order valence-corrected chi connectivity index (χ0v) is 16.3. The molecule has 0 aliphatic carbocycles. The van der Waals surface area contributed by atoms with Crippen molar-refractivity contribution in [3.8, 4) is 11.1 Å². The van der Waals surface area contributed by atoms with Crippen LogP contribution in [0.3, 0.4) is 0 Å². The van der Waals surface area contributed by atoms with Gasteiger partial charge in [0.1, 0.15) is 0 Å². The number of hydrogen-bond acceptors (Lipinski definition) is 4. The van der Waals surface area contributed by atoms with E-state index in [1.807, 2.05) is 29.6 Å². The van der Waals surface area contributed by atoms with Crippen LogP contribution in [-0.4, -0.2) is 40.8 Å². The second-order valence-electron chi connectivity index (χ2n) is 6.88. The molecule has 2 aromatic heterocycles. The lowest BCUT2D eigenvalue weighted by molar-refractivity contribution is 0.0946. The number of aryl methyl sites for hydroxylation is 1. The Balaban J connectivity index is 2.05. The maximum Gasteiger partial charge on any atom is 0.254 e. The predicted octanol–water partition coefficient (Wildman–Crippen LogP) is 3.59. The Hall–Kier alpha value is -2.73. The number of nitrogens with one attached hydrogen (secondary N) is 1. The van der Waals surface area contributed by atoms with Gasteiger partial charge in [0.15, 0.2) is 5.65 Å². The molecule has 6 nitrogen and oxygen atoms in total. The summed E-state index contributed by atoms with van der Waals surface area (Å²) in [4.78, 5) is 17.3. The van der Waals surface area contributed by atoms with E-state index >= 15 is 0 Å². The molecule has 142 valence electrons. The SMILES string of the molecule is COCCCNC(=O)c1cnc2c(-c3ccccc3)c(C)nn2c1C(C)C. The highest BCUT2D eigenvalue weighted by atomic mass is 16.5. The number of fused-ring (bicyclic) bond motifs is 1. The van der Waals surface area contributed by atoms with Gasteiger partial charge in [0.2, 0.25) is 0 Å². The Labute approximate surface area is 159 Å². The number of carbonyl (C=O) groups is 1. The lowest BCUT2D eigenvalue weighted by Gasteiger charge is -2.14. The summed E-state index contributed by atoms with van der Waals surface area (Å²) in [5, 5.41) is 7.66. The second kappa shape index (κ2) is 8.31. The summed E-state index contributed by atoms with van der Waals surface area (Å²) < 4.78 is 6.85. The van der Waals surface area contributed by atoms with Gasteiger partial charge in [-0.05, 0) is 24.8 Å². The summed E-state index contributed by atoms with van der Waals surface area (Å²) in [6, 6.07) is 10.1. The number of ether oxygens (including phenoxy) is 1. The van der Waals surface area contributed by atoms with E-state index in [0.717, 1.165) is 34.6 Å². The first-order valence-corrected chi connectivity index (χ1v) is 9.25. The first-order valence-electron chi connectivity index (χ1n) is 9.25. The topological polar surface area (TPSA) is 68.5 Å². The number of hydrogen-bond donors (Lipinski definition) is 1. The van der Waals surface area contributed by atoms with Gasteiger partial charge in [0.25, 0.3) is 5.91 Å². The Morgan fingerprint density at radius 1 is 1.26 bits per heavy atom. The molecule has 0 saturated carbocycles. The molecule has 0 radical (unpaired) electrons. The van der Waals surface area contributed by atoms with Crippen LogP contribution < -0.4 is 5.32 Å². The summed E-state index contributed by atoms with van der Waals surface area (Å²) in [6.07, 6.45) is 2.44. The third kappa shape index (κ3) is 3.85. The van der Waals surface area contributed by atoms with Gasteiger partial charge < -0.3 is 10.1 Å². The number of methoxy groups -OCH3 is 1. The molecule has 1 amide bonds. The molecule has 0 aliphatic heterocycles. The maximum atomic E-state index is 12.7. The predicted molar refractivity (Wildman–Crippen MR) is 106 cm³/mol. The Kier molecular flexibility index (Phi) is 5.86. The largest absolute Gasteiger partial charge is 0.385 e. The summed E-state index contributed by atoms with van der Waals surface area (Å²) in [6.45, 7) is 7.29. The minimum Gasteiger partial charge on any atom is -0.385 e. The molecular formula is C21H26N4O2. The van der Waals surface area contributed by atoms with E-state index in [0.29, 0.717) is 18.7 Å². The average molecular weight is 366 g/mol. The molecule has 0 unspecified atom stereocenters. The van der Waals surface area contributed by atoms with Gasteiger partial charge >= 0.3 is 0 Å². The lowest BCUT2D eigenvalue weighted by atomic mass is 10.0. The molecule has 3 aromatic rings. The standard InChI is InChI=1S/C21H26N4O2/c1-14(2)19-17(21(26)22-11-8-12-27-4)13-23-20-18(15(3)24-25(19)20)16-9-6-5-7-10-16/h5-7,9-10,13-14H,8,11-12H2,1-4H3,(H,22,26). The van der Waals surface area contributed by atoms with Crippen LogP contribution in [0.5, 0.6) is 0 Å². The molecule has 0 fully saturated rings. The quantitative estimate of drug-likeness (QED) is 0.649. The zero-order chi connectivity index (χ0) is 19.4. The molecule has 3 rings (SSSR count). The molecule has 0 saturated heterocycles. The van der Waals surface area contributed by atoms with Crippen molar-refractivity contribution in [1.82, 2.24) is 19.9 Å². The summed E-state index contributed by atoms with van der Waals surface area (Å²) in [5.41, 5.74) is 5.19. The highest BCUT2D eigenvalue weighted by molar-refractivity contribution is 5.96. The van der Waals surface area contributed by atoms with Crippen molar-refractivity contribution in [2.75, 3.05) is 20.3 Å². The van der Waals surface area contributed by atoms with Crippen LogP contribution in [0.4, 0.5) is 0 Å². The average Bonchev–Trinajstić information content (AvgIpc) is 3.00. The van der Waals surface area contributed by atoms with Gasteiger partial charge in [0.05, 0.1) is 17.0 Å². The third-order valence-electron chi connectivity index (χ3n) is 4.52. The van der Waals surface area contributed by atoms with Gasteiger partial charge in [-0.25, -0.2) is 9.50 Å². The number of amides is 1. The second-order valence-corrected chi connectivity index (χ2v) is 6.88.